The quantitative estimate of drug-likeness (QED) is 0.129. The lowest BCUT2D eigenvalue weighted by Crippen LogP contribution is -2.71. The molecule has 2 aliphatic rings. The molecule has 0 aliphatic carbocycles. The molecule has 36 heavy (non-hydrogen) atoms. The zero-order chi connectivity index (χ0) is 26.2. The number of amides is 2. The highest BCUT2D eigenvalue weighted by Crippen LogP contribution is 2.40. The molecule has 1 aromatic heterocycles. The molecular weight excluding hydrogens is 518 g/mol. The van der Waals surface area contributed by atoms with E-state index < -0.39 is 42.1 Å². The van der Waals surface area contributed by atoms with Gasteiger partial charge in [-0.3, -0.25) is 14.5 Å². The third-order valence-electron chi connectivity index (χ3n) is 4.80. The van der Waals surface area contributed by atoms with E-state index in [9.17, 15) is 19.2 Å². The summed E-state index contributed by atoms with van der Waals surface area (Å²) in [6.45, 7) is 1.35. The highest BCUT2D eigenvalue weighted by Gasteiger charge is 2.54. The number of hydrogen-bond donors (Lipinski definition) is 2. The monoisotopic (exact) mass is 543 g/mol. The Bertz CT molecular complexity index is 1070. The summed E-state index contributed by atoms with van der Waals surface area (Å²) in [7, 11) is 2.71. The van der Waals surface area contributed by atoms with Crippen molar-refractivity contribution in [3.05, 3.63) is 22.3 Å². The number of methoxy groups -OCH3 is 1. The average molecular weight is 544 g/mol. The molecule has 0 unspecified atom stereocenters. The fraction of sp³-hybridized carbons (Fsp3) is 0.500. The van der Waals surface area contributed by atoms with Crippen molar-refractivity contribution >= 4 is 57.9 Å². The molecule has 3 rings (SSSR count). The Morgan fingerprint density at radius 2 is 2.06 bits per heavy atom. The van der Waals surface area contributed by atoms with Gasteiger partial charge in [-0.2, -0.15) is 0 Å². The lowest BCUT2D eigenvalue weighted by atomic mass is 10.0. The van der Waals surface area contributed by atoms with E-state index in [1.165, 1.54) is 36.3 Å². The molecule has 3 heterocycles. The van der Waals surface area contributed by atoms with Crippen LogP contribution in [0.4, 0.5) is 9.93 Å². The standard InChI is InChI=1S/C20H25N5O9S2/c1-4-5-32-20(29)34-9-33-18(28)14-10(6-30-2)7-35-17-13(16(27)25(14)17)23-15(26)12(24-31-3)11-8-36-19(21)22-11/h8,13,17H,4-7,9H2,1-3H3,(H2,21,22)(H,23,26)/b24-12-/t13-,17-/m1/s1. The van der Waals surface area contributed by atoms with Crippen molar-refractivity contribution in [2.75, 3.05) is 45.7 Å². The molecule has 2 atom stereocenters. The van der Waals surface area contributed by atoms with Crippen LogP contribution in [0, 0.1) is 0 Å². The fourth-order valence-corrected chi connectivity index (χ4v) is 5.16. The van der Waals surface area contributed by atoms with Gasteiger partial charge in [-0.15, -0.1) is 23.1 Å². The number of rotatable bonds is 11. The topological polar surface area (TPSA) is 181 Å². The maximum absolute atomic E-state index is 13.0. The maximum atomic E-state index is 13.0. The van der Waals surface area contributed by atoms with E-state index in [2.05, 4.69) is 15.5 Å². The third-order valence-corrected chi connectivity index (χ3v) is 6.81. The molecule has 14 nitrogen and oxygen atoms in total. The first-order chi connectivity index (χ1) is 17.3. The fourth-order valence-electron chi connectivity index (χ4n) is 3.29. The zero-order valence-electron chi connectivity index (χ0n) is 19.7. The van der Waals surface area contributed by atoms with Crippen LogP contribution >= 0.6 is 23.1 Å². The summed E-state index contributed by atoms with van der Waals surface area (Å²) in [4.78, 5) is 60.1. The molecule has 1 saturated heterocycles. The number of thioether (sulfide) groups is 1. The number of carbonyl (C=O) groups is 4. The zero-order valence-corrected chi connectivity index (χ0v) is 21.3. The summed E-state index contributed by atoms with van der Waals surface area (Å²) in [6.07, 6.45) is -0.377. The number of carbonyl (C=O) groups excluding carboxylic acids is 4. The van der Waals surface area contributed by atoms with E-state index in [0.717, 1.165) is 11.3 Å². The Kier molecular flexibility index (Phi) is 9.49. The molecule has 2 aliphatic heterocycles. The molecule has 0 saturated carbocycles. The lowest BCUT2D eigenvalue weighted by molar-refractivity contribution is -0.157. The Hall–Kier alpha value is -3.37. The highest BCUT2D eigenvalue weighted by molar-refractivity contribution is 8.00. The van der Waals surface area contributed by atoms with Crippen molar-refractivity contribution < 1.29 is 43.0 Å². The predicted octanol–water partition coefficient (Wildman–Crippen LogP) is 0.440. The first kappa shape index (κ1) is 27.2. The average Bonchev–Trinajstić information content (AvgIpc) is 3.29. The number of thiazole rings is 1. The van der Waals surface area contributed by atoms with Gasteiger partial charge in [-0.1, -0.05) is 12.1 Å². The van der Waals surface area contributed by atoms with Crippen molar-refractivity contribution in [3.63, 3.8) is 0 Å². The molecule has 3 N–H and O–H groups in total. The predicted molar refractivity (Wildman–Crippen MR) is 128 cm³/mol. The van der Waals surface area contributed by atoms with Crippen molar-refractivity contribution in [1.29, 1.82) is 0 Å². The van der Waals surface area contributed by atoms with Crippen LogP contribution in [0.15, 0.2) is 21.8 Å². The van der Waals surface area contributed by atoms with E-state index in [1.54, 1.807) is 0 Å². The number of oxime groups is 1. The van der Waals surface area contributed by atoms with Crippen LogP contribution in [-0.2, 0) is 38.2 Å². The first-order valence-corrected chi connectivity index (χ1v) is 12.5. The minimum Gasteiger partial charge on any atom is -0.434 e. The first-order valence-electron chi connectivity index (χ1n) is 10.6. The number of nitrogens with one attached hydrogen (secondary N) is 1. The lowest BCUT2D eigenvalue weighted by Gasteiger charge is -2.49. The summed E-state index contributed by atoms with van der Waals surface area (Å²) in [6, 6.07) is -0.951. The van der Waals surface area contributed by atoms with Gasteiger partial charge in [-0.25, -0.2) is 14.6 Å². The molecule has 1 fully saturated rings. The van der Waals surface area contributed by atoms with Crippen LogP contribution in [0.2, 0.25) is 0 Å². The summed E-state index contributed by atoms with van der Waals surface area (Å²) in [5.74, 6) is -1.79. The number of ether oxygens (including phenoxy) is 4. The second kappa shape index (κ2) is 12.5. The Morgan fingerprint density at radius 1 is 1.28 bits per heavy atom. The summed E-state index contributed by atoms with van der Waals surface area (Å²) in [5.41, 5.74) is 6.16. The Labute approximate surface area is 214 Å². The molecule has 0 aromatic carbocycles. The number of esters is 1. The van der Waals surface area contributed by atoms with Gasteiger partial charge in [0.15, 0.2) is 10.8 Å². The van der Waals surface area contributed by atoms with Gasteiger partial charge in [0, 0.05) is 18.2 Å². The number of aromatic nitrogens is 1. The van der Waals surface area contributed by atoms with Gasteiger partial charge in [-0.05, 0) is 12.0 Å². The third kappa shape index (κ3) is 6.06. The Morgan fingerprint density at radius 3 is 2.69 bits per heavy atom. The number of anilines is 1. The maximum Gasteiger partial charge on any atom is 0.511 e. The smallest absolute Gasteiger partial charge is 0.434 e. The van der Waals surface area contributed by atoms with Crippen LogP contribution in [0.3, 0.4) is 0 Å². The number of β-lactam (4-membered cyclic amide) rings is 1. The van der Waals surface area contributed by atoms with E-state index in [4.69, 9.17) is 29.5 Å². The number of nitrogens with two attached hydrogens (primary N) is 1. The normalized spacial score (nSPS) is 19.2. The molecule has 0 bridgehead atoms. The number of fused-ring (bicyclic) bond motifs is 1. The van der Waals surface area contributed by atoms with Crippen LogP contribution in [-0.4, -0.2) is 90.9 Å². The molecular formula is C20H25N5O9S2. The second-order valence-corrected chi connectivity index (χ2v) is 9.23. The largest absolute Gasteiger partial charge is 0.511 e. The number of nitrogen functional groups attached to an aromatic ring is 1. The van der Waals surface area contributed by atoms with E-state index >= 15 is 0 Å². The molecule has 0 radical (unpaired) electrons. The molecule has 2 amide bonds. The summed E-state index contributed by atoms with van der Waals surface area (Å²) < 4.78 is 19.6. The summed E-state index contributed by atoms with van der Waals surface area (Å²) in [5, 5.41) is 7.49. The highest BCUT2D eigenvalue weighted by atomic mass is 32.2. The van der Waals surface area contributed by atoms with Crippen LogP contribution in [0.1, 0.15) is 19.0 Å². The van der Waals surface area contributed by atoms with Crippen LogP contribution in [0.5, 0.6) is 0 Å². The van der Waals surface area contributed by atoms with E-state index in [1.807, 2.05) is 6.92 Å². The Balaban J connectivity index is 1.69. The van der Waals surface area contributed by atoms with Crippen LogP contribution < -0.4 is 11.1 Å². The van der Waals surface area contributed by atoms with E-state index in [-0.39, 0.29) is 35.4 Å². The molecule has 1 aromatic rings. The van der Waals surface area contributed by atoms with Gasteiger partial charge in [0.05, 0.1) is 13.2 Å². The van der Waals surface area contributed by atoms with Gasteiger partial charge in [0.2, 0.25) is 6.79 Å². The van der Waals surface area contributed by atoms with Gasteiger partial charge in [0.25, 0.3) is 11.8 Å². The minimum atomic E-state index is -0.981. The van der Waals surface area contributed by atoms with Crippen LogP contribution in [0.25, 0.3) is 0 Å². The van der Waals surface area contributed by atoms with Gasteiger partial charge < -0.3 is 34.8 Å². The molecule has 196 valence electrons. The van der Waals surface area contributed by atoms with Crippen molar-refractivity contribution in [2.24, 2.45) is 5.16 Å². The summed E-state index contributed by atoms with van der Waals surface area (Å²) >= 11 is 2.45. The van der Waals surface area contributed by atoms with Gasteiger partial charge in [0.1, 0.15) is 29.9 Å². The number of nitrogens with zero attached hydrogens (tertiary/aromatic N) is 3. The van der Waals surface area contributed by atoms with E-state index in [0.29, 0.717) is 17.7 Å². The van der Waals surface area contributed by atoms with Crippen molar-refractivity contribution in [2.45, 2.75) is 24.8 Å². The van der Waals surface area contributed by atoms with Crippen molar-refractivity contribution in [3.8, 4) is 0 Å². The minimum absolute atomic E-state index is 0.0281. The van der Waals surface area contributed by atoms with Crippen molar-refractivity contribution in [1.82, 2.24) is 15.2 Å². The SMILES string of the molecule is CCCOC(=O)OCOC(=O)C1=C(COC)CS[C@@H]2[C@H](NC(=O)/C(=N\OC)c3csc(N)n3)C(=O)N12. The molecule has 0 spiro atoms. The second-order valence-electron chi connectivity index (χ2n) is 7.23. The molecule has 16 heteroatoms. The van der Waals surface area contributed by atoms with Gasteiger partial charge >= 0.3 is 12.1 Å². The number of hydrogen-bond acceptors (Lipinski definition) is 14.